The van der Waals surface area contributed by atoms with Gasteiger partial charge in [0.05, 0.1) is 0 Å². The third kappa shape index (κ3) is 5.85. The maximum atomic E-state index is 12.9. The molecule has 0 unspecified atom stereocenters. The van der Waals surface area contributed by atoms with Crippen molar-refractivity contribution in [3.8, 4) is 0 Å². The van der Waals surface area contributed by atoms with Gasteiger partial charge in [-0.1, -0.05) is 42.5 Å². The molecule has 0 atom stereocenters. The molecule has 2 aromatic rings. The second-order valence-electron chi connectivity index (χ2n) is 7.97. The minimum Gasteiger partial charge on any atom is -0.338 e. The van der Waals surface area contributed by atoms with Crippen LogP contribution in [0.1, 0.15) is 48.2 Å². The highest BCUT2D eigenvalue weighted by Gasteiger charge is 2.22. The lowest BCUT2D eigenvalue weighted by Crippen LogP contribution is -2.44. The Bertz CT molecular complexity index is 812. The van der Waals surface area contributed by atoms with E-state index >= 15 is 0 Å². The second-order valence-corrected chi connectivity index (χ2v) is 7.97. The molecular weight excluding hydrogens is 374 g/mol. The van der Waals surface area contributed by atoms with Gasteiger partial charge in [-0.05, 0) is 62.3 Å². The van der Waals surface area contributed by atoms with Crippen LogP contribution in [0, 0.1) is 5.92 Å². The van der Waals surface area contributed by atoms with E-state index in [1.165, 1.54) is 5.56 Å². The number of rotatable bonds is 7. The minimum atomic E-state index is 0.0507. The molecule has 5 heteroatoms. The fourth-order valence-corrected chi connectivity index (χ4v) is 4.03. The molecule has 3 rings (SSSR count). The van der Waals surface area contributed by atoms with Crippen LogP contribution in [0.15, 0.2) is 54.6 Å². The van der Waals surface area contributed by atoms with Crippen LogP contribution in [-0.2, 0) is 13.0 Å². The zero-order valence-corrected chi connectivity index (χ0v) is 18.1. The molecular formula is C25H33N3O2. The predicted molar refractivity (Wildman–Crippen MR) is 120 cm³/mol. The lowest BCUT2D eigenvalue weighted by atomic mass is 9.90. The number of likely N-dealkylation sites (tertiary alicyclic amines) is 1. The van der Waals surface area contributed by atoms with Gasteiger partial charge >= 0.3 is 6.03 Å². The number of carbonyl (C=O) groups is 2. The SMILES string of the molecule is CCNC(=O)N1CCC(Cc2ccc(C(=O)N(CC)Cc3ccccc3)cc2)CC1. The summed E-state index contributed by atoms with van der Waals surface area (Å²) in [4.78, 5) is 28.6. The molecule has 1 heterocycles. The average molecular weight is 408 g/mol. The van der Waals surface area contributed by atoms with Gasteiger partial charge in [-0.3, -0.25) is 4.79 Å². The number of urea groups is 1. The van der Waals surface area contributed by atoms with Gasteiger partial charge < -0.3 is 15.1 Å². The van der Waals surface area contributed by atoms with Gasteiger partial charge in [0.2, 0.25) is 0 Å². The van der Waals surface area contributed by atoms with Crippen molar-refractivity contribution < 1.29 is 9.59 Å². The summed E-state index contributed by atoms with van der Waals surface area (Å²) in [5.74, 6) is 0.658. The Labute approximate surface area is 180 Å². The molecule has 3 amide bonds. The Morgan fingerprint density at radius 2 is 1.63 bits per heavy atom. The number of nitrogens with one attached hydrogen (secondary N) is 1. The lowest BCUT2D eigenvalue weighted by Gasteiger charge is -2.32. The first-order chi connectivity index (χ1) is 14.6. The van der Waals surface area contributed by atoms with E-state index in [0.717, 1.165) is 43.5 Å². The summed E-state index contributed by atoms with van der Waals surface area (Å²) < 4.78 is 0. The monoisotopic (exact) mass is 407 g/mol. The number of piperidine rings is 1. The van der Waals surface area contributed by atoms with Crippen molar-refractivity contribution >= 4 is 11.9 Å². The van der Waals surface area contributed by atoms with E-state index in [1.807, 2.05) is 54.0 Å². The lowest BCUT2D eigenvalue weighted by molar-refractivity contribution is 0.0752. The number of nitrogens with zero attached hydrogens (tertiary/aromatic N) is 2. The summed E-state index contributed by atoms with van der Waals surface area (Å²) in [6.07, 6.45) is 3.05. The van der Waals surface area contributed by atoms with Crippen molar-refractivity contribution in [2.75, 3.05) is 26.2 Å². The predicted octanol–water partition coefficient (Wildman–Crippen LogP) is 4.33. The zero-order valence-electron chi connectivity index (χ0n) is 18.1. The fraction of sp³-hybridized carbons (Fsp3) is 0.440. The quantitative estimate of drug-likeness (QED) is 0.743. The van der Waals surface area contributed by atoms with Gasteiger partial charge in [-0.15, -0.1) is 0 Å². The van der Waals surface area contributed by atoms with Gasteiger partial charge in [-0.25, -0.2) is 4.79 Å². The molecule has 5 nitrogen and oxygen atoms in total. The molecule has 0 saturated carbocycles. The third-order valence-electron chi connectivity index (χ3n) is 5.84. The minimum absolute atomic E-state index is 0.0507. The molecule has 160 valence electrons. The number of carbonyl (C=O) groups excluding carboxylic acids is 2. The zero-order chi connectivity index (χ0) is 21.3. The van der Waals surface area contributed by atoms with Crippen LogP contribution in [0.2, 0.25) is 0 Å². The summed E-state index contributed by atoms with van der Waals surface area (Å²) in [7, 11) is 0. The Kier molecular flexibility index (Phi) is 7.89. The maximum Gasteiger partial charge on any atom is 0.317 e. The normalized spacial score (nSPS) is 14.4. The van der Waals surface area contributed by atoms with E-state index in [-0.39, 0.29) is 11.9 Å². The van der Waals surface area contributed by atoms with E-state index in [4.69, 9.17) is 0 Å². The first-order valence-electron chi connectivity index (χ1n) is 11.1. The topological polar surface area (TPSA) is 52.7 Å². The number of amides is 3. The van der Waals surface area contributed by atoms with Crippen LogP contribution in [0.4, 0.5) is 4.79 Å². The highest BCUT2D eigenvalue weighted by Crippen LogP contribution is 2.22. The van der Waals surface area contributed by atoms with Crippen LogP contribution in [0.3, 0.4) is 0 Å². The Balaban J connectivity index is 1.53. The number of hydrogen-bond acceptors (Lipinski definition) is 2. The van der Waals surface area contributed by atoms with Crippen molar-refractivity contribution in [3.63, 3.8) is 0 Å². The van der Waals surface area contributed by atoms with Crippen LogP contribution >= 0.6 is 0 Å². The van der Waals surface area contributed by atoms with Crippen molar-refractivity contribution in [3.05, 3.63) is 71.3 Å². The van der Waals surface area contributed by atoms with Gasteiger partial charge in [-0.2, -0.15) is 0 Å². The largest absolute Gasteiger partial charge is 0.338 e. The summed E-state index contributed by atoms with van der Waals surface area (Å²) in [5.41, 5.74) is 3.14. The van der Waals surface area contributed by atoms with Crippen LogP contribution in [0.5, 0.6) is 0 Å². The van der Waals surface area contributed by atoms with Crippen molar-refractivity contribution in [1.29, 1.82) is 0 Å². The molecule has 0 radical (unpaired) electrons. The van der Waals surface area contributed by atoms with Crippen LogP contribution in [0.25, 0.3) is 0 Å². The molecule has 1 N–H and O–H groups in total. The Morgan fingerprint density at radius 1 is 0.967 bits per heavy atom. The van der Waals surface area contributed by atoms with Crippen molar-refractivity contribution in [2.45, 2.75) is 39.7 Å². The standard InChI is InChI=1S/C25H33N3O2/c1-3-26-25(30)28-16-14-21(15-17-28)18-20-10-12-23(13-11-20)24(29)27(4-2)19-22-8-6-5-7-9-22/h5-13,21H,3-4,14-19H2,1-2H3,(H,26,30). The molecule has 30 heavy (non-hydrogen) atoms. The van der Waals surface area contributed by atoms with Gasteiger partial charge in [0.25, 0.3) is 5.91 Å². The van der Waals surface area contributed by atoms with Crippen LogP contribution < -0.4 is 5.32 Å². The molecule has 1 fully saturated rings. The summed E-state index contributed by atoms with van der Waals surface area (Å²) in [6.45, 7) is 7.57. The average Bonchev–Trinajstić information content (AvgIpc) is 2.79. The molecule has 2 aromatic carbocycles. The summed E-state index contributed by atoms with van der Waals surface area (Å²) in [6, 6.07) is 18.2. The molecule has 0 aliphatic carbocycles. The highest BCUT2D eigenvalue weighted by atomic mass is 16.2. The highest BCUT2D eigenvalue weighted by molar-refractivity contribution is 5.94. The van der Waals surface area contributed by atoms with E-state index in [0.29, 0.717) is 25.6 Å². The van der Waals surface area contributed by atoms with Gasteiger partial charge in [0, 0.05) is 38.3 Å². The molecule has 1 aliphatic heterocycles. The van der Waals surface area contributed by atoms with E-state index in [9.17, 15) is 9.59 Å². The maximum absolute atomic E-state index is 12.9. The Morgan fingerprint density at radius 3 is 2.23 bits per heavy atom. The van der Waals surface area contributed by atoms with E-state index in [1.54, 1.807) is 0 Å². The van der Waals surface area contributed by atoms with Gasteiger partial charge in [0.1, 0.15) is 0 Å². The summed E-state index contributed by atoms with van der Waals surface area (Å²) >= 11 is 0. The van der Waals surface area contributed by atoms with E-state index in [2.05, 4.69) is 29.6 Å². The molecule has 1 saturated heterocycles. The van der Waals surface area contributed by atoms with Crippen molar-refractivity contribution in [2.24, 2.45) is 5.92 Å². The smallest absolute Gasteiger partial charge is 0.317 e. The molecule has 1 aliphatic rings. The Hall–Kier alpha value is -2.82. The number of benzene rings is 2. The molecule has 0 spiro atoms. The summed E-state index contributed by atoms with van der Waals surface area (Å²) in [5, 5.41) is 2.88. The van der Waals surface area contributed by atoms with Crippen LogP contribution in [-0.4, -0.2) is 47.9 Å². The first-order valence-corrected chi connectivity index (χ1v) is 11.1. The van der Waals surface area contributed by atoms with E-state index < -0.39 is 0 Å². The molecule has 0 aromatic heterocycles. The second kappa shape index (κ2) is 10.8. The first kappa shape index (κ1) is 21.9. The van der Waals surface area contributed by atoms with Crippen molar-refractivity contribution in [1.82, 2.24) is 15.1 Å². The van der Waals surface area contributed by atoms with Gasteiger partial charge in [0.15, 0.2) is 0 Å². The third-order valence-corrected chi connectivity index (χ3v) is 5.84. The fourth-order valence-electron chi connectivity index (χ4n) is 4.03. The number of hydrogen-bond donors (Lipinski definition) is 1. The molecule has 0 bridgehead atoms.